The van der Waals surface area contributed by atoms with Crippen LogP contribution in [0.1, 0.15) is 11.1 Å². The Labute approximate surface area is 126 Å². The van der Waals surface area contributed by atoms with E-state index in [4.69, 9.17) is 9.84 Å². The maximum Gasteiger partial charge on any atom is 0.416 e. The van der Waals surface area contributed by atoms with E-state index in [1.807, 2.05) is 0 Å². The molecule has 0 amide bonds. The van der Waals surface area contributed by atoms with Crippen molar-refractivity contribution in [3.63, 3.8) is 0 Å². The molecule has 0 aliphatic carbocycles. The van der Waals surface area contributed by atoms with Crippen LogP contribution in [0.4, 0.5) is 17.6 Å². The van der Waals surface area contributed by atoms with Gasteiger partial charge in [-0.3, -0.25) is 0 Å². The number of hydrogen-bond acceptors (Lipinski definition) is 2. The molecule has 2 nitrogen and oxygen atoms in total. The van der Waals surface area contributed by atoms with Gasteiger partial charge in [-0.2, -0.15) is 13.2 Å². The van der Waals surface area contributed by atoms with E-state index in [9.17, 15) is 17.6 Å². The molecule has 0 saturated heterocycles. The van der Waals surface area contributed by atoms with Crippen LogP contribution >= 0.6 is 15.9 Å². The van der Waals surface area contributed by atoms with Crippen LogP contribution in [0, 0.1) is 5.82 Å². The molecule has 0 spiro atoms. The molecule has 0 aromatic heterocycles. The summed E-state index contributed by atoms with van der Waals surface area (Å²) in [6.07, 6.45) is -4.61. The van der Waals surface area contributed by atoms with Gasteiger partial charge in [-0.05, 0) is 29.8 Å². The molecule has 0 aliphatic rings. The molecule has 7 heteroatoms. The van der Waals surface area contributed by atoms with Crippen LogP contribution in [0.25, 0.3) is 0 Å². The molecule has 2 rings (SSSR count). The second-order valence-electron chi connectivity index (χ2n) is 4.18. The highest BCUT2D eigenvalue weighted by atomic mass is 79.9. The number of ether oxygens (including phenoxy) is 1. The molecule has 21 heavy (non-hydrogen) atoms. The van der Waals surface area contributed by atoms with Gasteiger partial charge in [0, 0.05) is 10.5 Å². The van der Waals surface area contributed by atoms with Crippen LogP contribution in [0.15, 0.2) is 40.9 Å². The molecule has 0 fully saturated rings. The summed E-state index contributed by atoms with van der Waals surface area (Å²) in [4.78, 5) is 0. The Balaban J connectivity index is 2.37. The highest BCUT2D eigenvalue weighted by molar-refractivity contribution is 9.10. The van der Waals surface area contributed by atoms with Gasteiger partial charge in [0.25, 0.3) is 0 Å². The average Bonchev–Trinajstić information content (AvgIpc) is 2.36. The smallest absolute Gasteiger partial charge is 0.416 e. The van der Waals surface area contributed by atoms with Crippen LogP contribution in [0.5, 0.6) is 11.5 Å². The summed E-state index contributed by atoms with van der Waals surface area (Å²) >= 11 is 3.06. The van der Waals surface area contributed by atoms with E-state index in [1.165, 1.54) is 18.2 Å². The summed E-state index contributed by atoms with van der Waals surface area (Å²) in [5.74, 6) is -0.619. The van der Waals surface area contributed by atoms with Crippen LogP contribution < -0.4 is 4.74 Å². The predicted molar refractivity (Wildman–Crippen MR) is 71.5 cm³/mol. The van der Waals surface area contributed by atoms with Gasteiger partial charge in [0.1, 0.15) is 17.3 Å². The molecule has 0 saturated carbocycles. The molecule has 2 aromatic rings. The number of aliphatic hydroxyl groups excluding tert-OH is 1. The van der Waals surface area contributed by atoms with E-state index in [2.05, 4.69) is 15.9 Å². The second kappa shape index (κ2) is 6.03. The summed E-state index contributed by atoms with van der Waals surface area (Å²) in [5.41, 5.74) is -1.24. The molecule has 0 radical (unpaired) electrons. The fourth-order valence-electron chi connectivity index (χ4n) is 1.74. The van der Waals surface area contributed by atoms with Crippen LogP contribution in [-0.4, -0.2) is 5.11 Å². The minimum Gasteiger partial charge on any atom is -0.457 e. The van der Waals surface area contributed by atoms with E-state index in [-0.39, 0.29) is 17.1 Å². The van der Waals surface area contributed by atoms with Gasteiger partial charge in [0.15, 0.2) is 0 Å². The highest BCUT2D eigenvalue weighted by Crippen LogP contribution is 2.36. The van der Waals surface area contributed by atoms with Crippen LogP contribution in [-0.2, 0) is 12.8 Å². The largest absolute Gasteiger partial charge is 0.457 e. The third-order valence-corrected chi connectivity index (χ3v) is 3.09. The lowest BCUT2D eigenvalue weighted by molar-refractivity contribution is -0.138. The van der Waals surface area contributed by atoms with Crippen molar-refractivity contribution >= 4 is 15.9 Å². The zero-order chi connectivity index (χ0) is 15.6. The van der Waals surface area contributed by atoms with E-state index >= 15 is 0 Å². The van der Waals surface area contributed by atoms with Crippen molar-refractivity contribution in [1.29, 1.82) is 0 Å². The van der Waals surface area contributed by atoms with Crippen molar-refractivity contribution in [2.24, 2.45) is 0 Å². The normalized spacial score (nSPS) is 11.5. The Hall–Kier alpha value is -1.60. The first kappa shape index (κ1) is 15.8. The van der Waals surface area contributed by atoms with Crippen LogP contribution in [0.3, 0.4) is 0 Å². The lowest BCUT2D eigenvalue weighted by atomic mass is 10.1. The third-order valence-electron chi connectivity index (χ3n) is 2.63. The first-order valence-corrected chi connectivity index (χ1v) is 6.54. The average molecular weight is 365 g/mol. The zero-order valence-corrected chi connectivity index (χ0v) is 12.0. The summed E-state index contributed by atoms with van der Waals surface area (Å²) in [6, 6.07) is 6.84. The molecule has 2 aromatic carbocycles. The second-order valence-corrected chi connectivity index (χ2v) is 5.10. The molecular formula is C14H9BrF4O2. The van der Waals surface area contributed by atoms with Crippen molar-refractivity contribution in [1.82, 2.24) is 0 Å². The van der Waals surface area contributed by atoms with Gasteiger partial charge in [-0.15, -0.1) is 0 Å². The number of aliphatic hydroxyl groups is 1. The van der Waals surface area contributed by atoms with Gasteiger partial charge < -0.3 is 9.84 Å². The van der Waals surface area contributed by atoms with Gasteiger partial charge in [-0.1, -0.05) is 22.0 Å². The number of halogens is 5. The molecule has 112 valence electrons. The SMILES string of the molecule is OCc1ccc(Oc2cc(F)cc(Br)c2)cc1C(F)(F)F. The van der Waals surface area contributed by atoms with Crippen LogP contribution in [0.2, 0.25) is 0 Å². The monoisotopic (exact) mass is 364 g/mol. The van der Waals surface area contributed by atoms with E-state index in [0.717, 1.165) is 18.2 Å². The Bertz CT molecular complexity index is 636. The number of alkyl halides is 3. The first-order chi connectivity index (χ1) is 9.79. The first-order valence-electron chi connectivity index (χ1n) is 5.74. The fraction of sp³-hybridized carbons (Fsp3) is 0.143. The summed E-state index contributed by atoms with van der Waals surface area (Å²) in [6.45, 7) is -0.735. The quantitative estimate of drug-likeness (QED) is 0.785. The van der Waals surface area contributed by atoms with E-state index in [0.29, 0.717) is 4.47 Å². The lowest BCUT2D eigenvalue weighted by Crippen LogP contribution is -2.09. The third kappa shape index (κ3) is 3.95. The molecule has 0 aliphatic heterocycles. The van der Waals surface area contributed by atoms with Crippen molar-refractivity contribution in [2.45, 2.75) is 12.8 Å². The van der Waals surface area contributed by atoms with Gasteiger partial charge in [-0.25, -0.2) is 4.39 Å². The predicted octanol–water partition coefficient (Wildman–Crippen LogP) is 4.89. The molecule has 1 N–H and O–H groups in total. The maximum absolute atomic E-state index is 13.2. The van der Waals surface area contributed by atoms with Gasteiger partial charge in [0.05, 0.1) is 12.2 Å². The minimum atomic E-state index is -4.61. The summed E-state index contributed by atoms with van der Waals surface area (Å²) < 4.78 is 57.4. The molecule has 0 unspecified atom stereocenters. The Morgan fingerprint density at radius 2 is 1.76 bits per heavy atom. The maximum atomic E-state index is 13.2. The zero-order valence-electron chi connectivity index (χ0n) is 10.4. The number of hydrogen-bond donors (Lipinski definition) is 1. The Morgan fingerprint density at radius 1 is 1.05 bits per heavy atom. The van der Waals surface area contributed by atoms with Gasteiger partial charge >= 0.3 is 6.18 Å². The summed E-state index contributed by atoms with van der Waals surface area (Å²) in [5, 5.41) is 8.94. The standard InChI is InChI=1S/C14H9BrF4O2/c15-9-3-10(16)5-12(4-9)21-11-2-1-8(7-20)13(6-11)14(17,18)19/h1-6,20H,7H2. The molecule has 0 bridgehead atoms. The summed E-state index contributed by atoms with van der Waals surface area (Å²) in [7, 11) is 0. The number of benzene rings is 2. The number of rotatable bonds is 3. The fourth-order valence-corrected chi connectivity index (χ4v) is 2.19. The molecular weight excluding hydrogens is 356 g/mol. The lowest BCUT2D eigenvalue weighted by Gasteiger charge is -2.14. The van der Waals surface area contributed by atoms with Crippen molar-refractivity contribution in [3.05, 3.63) is 57.8 Å². The van der Waals surface area contributed by atoms with Crippen molar-refractivity contribution in [3.8, 4) is 11.5 Å². The highest BCUT2D eigenvalue weighted by Gasteiger charge is 2.33. The minimum absolute atomic E-state index is 0.0618. The Kier molecular flexibility index (Phi) is 4.53. The molecule has 0 heterocycles. The van der Waals surface area contributed by atoms with Crippen molar-refractivity contribution < 1.29 is 27.4 Å². The van der Waals surface area contributed by atoms with Crippen molar-refractivity contribution in [2.75, 3.05) is 0 Å². The van der Waals surface area contributed by atoms with E-state index < -0.39 is 24.2 Å². The topological polar surface area (TPSA) is 29.5 Å². The van der Waals surface area contributed by atoms with Gasteiger partial charge in [0.2, 0.25) is 0 Å². The van der Waals surface area contributed by atoms with E-state index in [1.54, 1.807) is 0 Å². The Morgan fingerprint density at radius 3 is 2.33 bits per heavy atom. The molecule has 0 atom stereocenters.